The van der Waals surface area contributed by atoms with Gasteiger partial charge < -0.3 is 14.8 Å². The number of phenolic OH excluding ortho intramolecular Hbond substituents is 1. The lowest BCUT2D eigenvalue weighted by Crippen LogP contribution is -2.15. The number of oxazole rings is 1. The topological polar surface area (TPSA) is 134 Å². The van der Waals surface area contributed by atoms with Gasteiger partial charge in [0.15, 0.2) is 17.7 Å². The number of H-pyrrole nitrogens is 1. The summed E-state index contributed by atoms with van der Waals surface area (Å²) in [7, 11) is 0. The Kier molecular flexibility index (Phi) is 4.54. The standard InChI is InChI=1S/C17H10Cl2N4O5/c18-10-4-8(21-16(25)15-22-17(26)28-23-15)5-11(19)9(10)3-7-1-2-12(24)14-13(7)20-6-27-14/h1-2,4-6,24H,3H2,(H,21,25)(H,22,23,26). The number of aromatic hydroxyl groups is 1. The Morgan fingerprint density at radius 2 is 2.00 bits per heavy atom. The fraction of sp³-hybridized carbons (Fsp3) is 0.0588. The number of benzene rings is 2. The lowest BCUT2D eigenvalue weighted by atomic mass is 10.0. The van der Waals surface area contributed by atoms with Crippen LogP contribution in [0, 0.1) is 0 Å². The first kappa shape index (κ1) is 18.1. The summed E-state index contributed by atoms with van der Waals surface area (Å²) in [5.41, 5.74) is 2.44. The smallest absolute Gasteiger partial charge is 0.439 e. The Labute approximate surface area is 165 Å². The molecule has 2 aromatic carbocycles. The van der Waals surface area contributed by atoms with Crippen molar-refractivity contribution in [3.05, 3.63) is 68.2 Å². The summed E-state index contributed by atoms with van der Waals surface area (Å²) < 4.78 is 9.47. The molecule has 2 heterocycles. The zero-order chi connectivity index (χ0) is 19.8. The van der Waals surface area contributed by atoms with Gasteiger partial charge in [0.05, 0.1) is 0 Å². The van der Waals surface area contributed by atoms with E-state index in [-0.39, 0.29) is 17.2 Å². The first-order chi connectivity index (χ1) is 13.4. The minimum atomic E-state index is -0.843. The number of hydrogen-bond donors (Lipinski definition) is 3. The van der Waals surface area contributed by atoms with Crippen molar-refractivity contribution in [3.63, 3.8) is 0 Å². The number of fused-ring (bicyclic) bond motifs is 1. The van der Waals surface area contributed by atoms with Crippen molar-refractivity contribution in [2.24, 2.45) is 0 Å². The summed E-state index contributed by atoms with van der Waals surface area (Å²) in [6.07, 6.45) is 1.57. The largest absolute Gasteiger partial charge is 0.504 e. The summed E-state index contributed by atoms with van der Waals surface area (Å²) in [4.78, 5) is 29.2. The number of carbonyl (C=O) groups is 1. The van der Waals surface area contributed by atoms with E-state index in [0.717, 1.165) is 5.56 Å². The molecule has 0 unspecified atom stereocenters. The number of hydrogen-bond acceptors (Lipinski definition) is 7. The summed E-state index contributed by atoms with van der Waals surface area (Å²) in [5.74, 6) is -1.82. The van der Waals surface area contributed by atoms with E-state index in [4.69, 9.17) is 27.6 Å². The molecule has 28 heavy (non-hydrogen) atoms. The van der Waals surface area contributed by atoms with Crippen molar-refractivity contribution in [1.82, 2.24) is 15.1 Å². The second-order valence-corrected chi connectivity index (χ2v) is 6.58. The summed E-state index contributed by atoms with van der Waals surface area (Å²) in [5, 5.41) is 16.2. The van der Waals surface area contributed by atoms with Crippen LogP contribution in [0.25, 0.3) is 11.1 Å². The number of aromatic amines is 1. The quantitative estimate of drug-likeness (QED) is 0.460. The zero-order valence-corrected chi connectivity index (χ0v) is 15.3. The third-order valence-corrected chi connectivity index (χ3v) is 4.64. The molecule has 0 aliphatic carbocycles. The van der Waals surface area contributed by atoms with Gasteiger partial charge in [-0.1, -0.05) is 29.3 Å². The maximum atomic E-state index is 12.0. The predicted molar refractivity (Wildman–Crippen MR) is 100 cm³/mol. The van der Waals surface area contributed by atoms with Crippen molar-refractivity contribution < 1.29 is 18.8 Å². The van der Waals surface area contributed by atoms with Gasteiger partial charge >= 0.3 is 5.76 Å². The highest BCUT2D eigenvalue weighted by Gasteiger charge is 2.17. The number of phenols is 1. The third-order valence-electron chi connectivity index (χ3n) is 3.97. The number of amides is 1. The summed E-state index contributed by atoms with van der Waals surface area (Å²) in [6, 6.07) is 6.22. The first-order valence-corrected chi connectivity index (χ1v) is 8.57. The molecule has 0 spiro atoms. The van der Waals surface area contributed by atoms with Gasteiger partial charge in [-0.25, -0.2) is 9.78 Å². The Morgan fingerprint density at radius 3 is 2.68 bits per heavy atom. The van der Waals surface area contributed by atoms with E-state index < -0.39 is 11.7 Å². The SMILES string of the molecule is O=C(Nc1cc(Cl)c(Cc2ccc(O)c3ocnc23)c(Cl)c1)c1noc(=O)[nH]1. The highest BCUT2D eigenvalue weighted by molar-refractivity contribution is 6.36. The van der Waals surface area contributed by atoms with Gasteiger partial charge in [-0.05, 0) is 34.5 Å². The van der Waals surface area contributed by atoms with Crippen LogP contribution in [-0.2, 0) is 6.42 Å². The van der Waals surface area contributed by atoms with Crippen LogP contribution >= 0.6 is 23.2 Å². The lowest BCUT2D eigenvalue weighted by molar-refractivity contribution is 0.101. The minimum Gasteiger partial charge on any atom is -0.504 e. The molecular weight excluding hydrogens is 411 g/mol. The average Bonchev–Trinajstić information content (AvgIpc) is 3.29. The molecule has 0 fully saturated rings. The number of halogens is 2. The molecule has 142 valence electrons. The number of carbonyl (C=O) groups excluding carboxylic acids is 1. The first-order valence-electron chi connectivity index (χ1n) is 7.81. The fourth-order valence-corrected chi connectivity index (χ4v) is 3.31. The van der Waals surface area contributed by atoms with Crippen molar-refractivity contribution in [1.29, 1.82) is 0 Å². The molecule has 0 atom stereocenters. The van der Waals surface area contributed by atoms with Gasteiger partial charge in [0.2, 0.25) is 5.82 Å². The Bertz CT molecular complexity index is 1240. The van der Waals surface area contributed by atoms with Gasteiger partial charge in [0, 0.05) is 22.2 Å². The molecule has 3 N–H and O–H groups in total. The van der Waals surface area contributed by atoms with Crippen LogP contribution < -0.4 is 11.1 Å². The van der Waals surface area contributed by atoms with Gasteiger partial charge in [0.1, 0.15) is 5.52 Å². The highest BCUT2D eigenvalue weighted by atomic mass is 35.5. The van der Waals surface area contributed by atoms with E-state index in [1.165, 1.54) is 24.6 Å². The molecule has 0 aliphatic rings. The molecule has 11 heteroatoms. The summed E-state index contributed by atoms with van der Waals surface area (Å²) in [6.45, 7) is 0. The molecule has 0 radical (unpaired) electrons. The molecule has 0 saturated carbocycles. The molecule has 1 amide bonds. The number of nitrogens with zero attached hydrogens (tertiary/aromatic N) is 2. The Balaban J connectivity index is 1.62. The fourth-order valence-electron chi connectivity index (χ4n) is 2.69. The lowest BCUT2D eigenvalue weighted by Gasteiger charge is -2.11. The third kappa shape index (κ3) is 3.32. The Hall–Kier alpha value is -3.30. The van der Waals surface area contributed by atoms with Gasteiger partial charge in [-0.15, -0.1) is 0 Å². The number of rotatable bonds is 4. The van der Waals surface area contributed by atoms with Crippen molar-refractivity contribution in [2.75, 3.05) is 5.32 Å². The van der Waals surface area contributed by atoms with Crippen molar-refractivity contribution in [2.45, 2.75) is 6.42 Å². The second-order valence-electron chi connectivity index (χ2n) is 5.77. The van der Waals surface area contributed by atoms with E-state index in [1.54, 1.807) is 6.07 Å². The maximum absolute atomic E-state index is 12.0. The summed E-state index contributed by atoms with van der Waals surface area (Å²) >= 11 is 12.7. The van der Waals surface area contributed by atoms with Crippen LogP contribution in [0.1, 0.15) is 21.7 Å². The maximum Gasteiger partial charge on any atom is 0.439 e. The second kappa shape index (κ2) is 7.02. The van der Waals surface area contributed by atoms with Crippen LogP contribution in [0.15, 0.2) is 44.4 Å². The van der Waals surface area contributed by atoms with E-state index in [2.05, 4.69) is 25.0 Å². The molecule has 0 bridgehead atoms. The minimum absolute atomic E-state index is 0.0163. The van der Waals surface area contributed by atoms with Crippen molar-refractivity contribution in [3.8, 4) is 5.75 Å². The van der Waals surface area contributed by atoms with Gasteiger partial charge in [0.25, 0.3) is 5.91 Å². The number of anilines is 1. The highest BCUT2D eigenvalue weighted by Crippen LogP contribution is 2.34. The molecular formula is C17H10Cl2N4O5. The van der Waals surface area contributed by atoms with Crippen LogP contribution in [-0.4, -0.2) is 26.1 Å². The van der Waals surface area contributed by atoms with Crippen LogP contribution in [0.2, 0.25) is 10.0 Å². The normalized spacial score (nSPS) is 11.1. The van der Waals surface area contributed by atoms with Gasteiger partial charge in [-0.2, -0.15) is 0 Å². The monoisotopic (exact) mass is 420 g/mol. The Morgan fingerprint density at radius 1 is 1.25 bits per heavy atom. The zero-order valence-electron chi connectivity index (χ0n) is 13.8. The van der Waals surface area contributed by atoms with E-state index in [0.29, 0.717) is 33.2 Å². The molecule has 9 nitrogen and oxygen atoms in total. The number of aromatic nitrogens is 3. The molecule has 4 aromatic rings. The van der Waals surface area contributed by atoms with Crippen LogP contribution in [0.5, 0.6) is 5.75 Å². The molecule has 2 aromatic heterocycles. The molecule has 0 aliphatic heterocycles. The van der Waals surface area contributed by atoms with Crippen LogP contribution in [0.3, 0.4) is 0 Å². The molecule has 4 rings (SSSR count). The number of nitrogens with one attached hydrogen (secondary N) is 2. The van der Waals surface area contributed by atoms with Crippen molar-refractivity contribution >= 4 is 45.9 Å². The van der Waals surface area contributed by atoms with E-state index in [1.807, 2.05) is 0 Å². The average molecular weight is 421 g/mol. The van der Waals surface area contributed by atoms with Crippen LogP contribution in [0.4, 0.5) is 5.69 Å². The van der Waals surface area contributed by atoms with Gasteiger partial charge in [-0.3, -0.25) is 14.3 Å². The predicted octanol–water partition coefficient (Wildman–Crippen LogP) is 3.36. The van der Waals surface area contributed by atoms with E-state index in [9.17, 15) is 14.7 Å². The van der Waals surface area contributed by atoms with E-state index >= 15 is 0 Å². The molecule has 0 saturated heterocycles.